The highest BCUT2D eigenvalue weighted by Gasteiger charge is 2.25. The van der Waals surface area contributed by atoms with Crippen molar-refractivity contribution in [1.29, 1.82) is 0 Å². The van der Waals surface area contributed by atoms with Crippen molar-refractivity contribution in [1.82, 2.24) is 10.6 Å². The SMILES string of the molecule is COc1ccc(F)cc1CS[C@@H](C)C(=O)NC(=O)NC1CC1. The van der Waals surface area contributed by atoms with E-state index in [0.29, 0.717) is 17.1 Å². The molecule has 2 N–H and O–H groups in total. The second-order valence-corrected chi connectivity index (χ2v) is 6.48. The maximum Gasteiger partial charge on any atom is 0.321 e. The summed E-state index contributed by atoms with van der Waals surface area (Å²) in [5.41, 5.74) is 0.676. The number of hydrogen-bond acceptors (Lipinski definition) is 4. The molecule has 7 heteroatoms. The third-order valence-corrected chi connectivity index (χ3v) is 4.44. The first kappa shape index (κ1) is 16.6. The van der Waals surface area contributed by atoms with Crippen molar-refractivity contribution in [3.8, 4) is 5.75 Å². The Morgan fingerprint density at radius 3 is 2.82 bits per heavy atom. The quantitative estimate of drug-likeness (QED) is 0.842. The van der Waals surface area contributed by atoms with E-state index in [-0.39, 0.29) is 17.8 Å². The summed E-state index contributed by atoms with van der Waals surface area (Å²) in [4.78, 5) is 23.4. The van der Waals surface area contributed by atoms with Crippen molar-refractivity contribution in [2.24, 2.45) is 0 Å². The second-order valence-electron chi connectivity index (χ2n) is 5.15. The van der Waals surface area contributed by atoms with E-state index in [4.69, 9.17) is 4.74 Å². The lowest BCUT2D eigenvalue weighted by Crippen LogP contribution is -2.43. The molecule has 0 unspecified atom stereocenters. The zero-order chi connectivity index (χ0) is 16.1. The van der Waals surface area contributed by atoms with E-state index in [1.807, 2.05) is 0 Å². The van der Waals surface area contributed by atoms with Crippen molar-refractivity contribution in [3.63, 3.8) is 0 Å². The molecule has 1 atom stereocenters. The van der Waals surface area contributed by atoms with E-state index < -0.39 is 11.3 Å². The molecule has 1 aromatic rings. The maximum atomic E-state index is 13.3. The summed E-state index contributed by atoms with van der Waals surface area (Å²) in [6.07, 6.45) is 1.93. The summed E-state index contributed by atoms with van der Waals surface area (Å²) in [7, 11) is 1.51. The van der Waals surface area contributed by atoms with Gasteiger partial charge in [0.25, 0.3) is 0 Å². The van der Waals surface area contributed by atoms with Gasteiger partial charge in [-0.3, -0.25) is 10.1 Å². The van der Waals surface area contributed by atoms with E-state index in [1.165, 1.54) is 31.0 Å². The number of carbonyl (C=O) groups is 2. The number of benzene rings is 1. The predicted octanol–water partition coefficient (Wildman–Crippen LogP) is 2.44. The summed E-state index contributed by atoms with van der Waals surface area (Å²) >= 11 is 1.31. The third kappa shape index (κ3) is 4.91. The van der Waals surface area contributed by atoms with Gasteiger partial charge in [-0.1, -0.05) is 0 Å². The van der Waals surface area contributed by atoms with Gasteiger partial charge in [0.05, 0.1) is 12.4 Å². The van der Waals surface area contributed by atoms with Crippen molar-refractivity contribution < 1.29 is 18.7 Å². The molecule has 5 nitrogen and oxygen atoms in total. The van der Waals surface area contributed by atoms with Gasteiger partial charge in [0.1, 0.15) is 11.6 Å². The van der Waals surface area contributed by atoms with Gasteiger partial charge in [0, 0.05) is 17.4 Å². The van der Waals surface area contributed by atoms with E-state index in [9.17, 15) is 14.0 Å². The topological polar surface area (TPSA) is 67.4 Å². The van der Waals surface area contributed by atoms with Crippen LogP contribution in [0.1, 0.15) is 25.3 Å². The Kier molecular flexibility index (Phi) is 5.65. The first-order valence-corrected chi connectivity index (χ1v) is 8.10. The predicted molar refractivity (Wildman–Crippen MR) is 83.4 cm³/mol. The molecule has 1 aromatic carbocycles. The third-order valence-electron chi connectivity index (χ3n) is 3.25. The average molecular weight is 326 g/mol. The Morgan fingerprint density at radius 1 is 1.45 bits per heavy atom. The highest BCUT2D eigenvalue weighted by Crippen LogP contribution is 2.26. The number of imide groups is 1. The van der Waals surface area contributed by atoms with Crippen LogP contribution in [0, 0.1) is 5.82 Å². The molecule has 3 amide bonds. The Hall–Kier alpha value is -1.76. The number of ether oxygens (including phenoxy) is 1. The second kappa shape index (κ2) is 7.49. The van der Waals surface area contributed by atoms with Gasteiger partial charge in [-0.15, -0.1) is 11.8 Å². The molecule has 0 aromatic heterocycles. The minimum atomic E-state index is -0.455. The first-order chi connectivity index (χ1) is 10.5. The Labute approximate surface area is 133 Å². The number of thioether (sulfide) groups is 1. The number of amides is 3. The molecule has 1 saturated carbocycles. The van der Waals surface area contributed by atoms with Crippen LogP contribution in [0.2, 0.25) is 0 Å². The summed E-state index contributed by atoms with van der Waals surface area (Å²) in [5, 5.41) is 4.57. The summed E-state index contributed by atoms with van der Waals surface area (Å²) in [5.74, 6) is 0.281. The monoisotopic (exact) mass is 326 g/mol. The number of urea groups is 1. The molecule has 1 fully saturated rings. The molecular formula is C15H19FN2O3S. The number of carbonyl (C=O) groups excluding carboxylic acids is 2. The van der Waals surface area contributed by atoms with Crippen LogP contribution < -0.4 is 15.4 Å². The smallest absolute Gasteiger partial charge is 0.321 e. The molecule has 22 heavy (non-hydrogen) atoms. The first-order valence-electron chi connectivity index (χ1n) is 7.05. The largest absolute Gasteiger partial charge is 0.496 e. The maximum absolute atomic E-state index is 13.3. The molecule has 0 radical (unpaired) electrons. The molecule has 0 heterocycles. The summed E-state index contributed by atoms with van der Waals surface area (Å²) in [6, 6.07) is 4.01. The molecule has 120 valence electrons. The summed E-state index contributed by atoms with van der Waals surface area (Å²) in [6.45, 7) is 1.70. The summed E-state index contributed by atoms with van der Waals surface area (Å²) < 4.78 is 18.4. The van der Waals surface area contributed by atoms with Crippen LogP contribution in [0.25, 0.3) is 0 Å². The lowest BCUT2D eigenvalue weighted by Gasteiger charge is -2.13. The fourth-order valence-corrected chi connectivity index (χ4v) is 2.68. The molecule has 0 bridgehead atoms. The van der Waals surface area contributed by atoms with E-state index in [0.717, 1.165) is 12.8 Å². The lowest BCUT2D eigenvalue weighted by atomic mass is 10.2. The van der Waals surface area contributed by atoms with Crippen LogP contribution in [0.3, 0.4) is 0 Å². The van der Waals surface area contributed by atoms with Gasteiger partial charge in [-0.05, 0) is 38.0 Å². The molecule has 0 spiro atoms. The number of rotatable bonds is 6. The van der Waals surface area contributed by atoms with Crippen LogP contribution in [-0.2, 0) is 10.5 Å². The number of hydrogen-bond donors (Lipinski definition) is 2. The van der Waals surface area contributed by atoms with Crippen molar-refractivity contribution in [3.05, 3.63) is 29.6 Å². The fourth-order valence-electron chi connectivity index (χ4n) is 1.81. The number of halogens is 1. The number of methoxy groups -OCH3 is 1. The van der Waals surface area contributed by atoms with E-state index in [1.54, 1.807) is 13.0 Å². The van der Waals surface area contributed by atoms with Crippen molar-refractivity contribution >= 4 is 23.7 Å². The zero-order valence-electron chi connectivity index (χ0n) is 12.5. The van der Waals surface area contributed by atoms with Gasteiger partial charge in [-0.25, -0.2) is 9.18 Å². The van der Waals surface area contributed by atoms with Crippen LogP contribution in [-0.4, -0.2) is 30.3 Å². The fraction of sp³-hybridized carbons (Fsp3) is 0.467. The molecular weight excluding hydrogens is 307 g/mol. The molecule has 1 aliphatic rings. The number of nitrogens with one attached hydrogen (secondary N) is 2. The van der Waals surface area contributed by atoms with Gasteiger partial charge in [-0.2, -0.15) is 0 Å². The Balaban J connectivity index is 1.83. The van der Waals surface area contributed by atoms with Crippen LogP contribution >= 0.6 is 11.8 Å². The van der Waals surface area contributed by atoms with Gasteiger partial charge in [0.15, 0.2) is 0 Å². The van der Waals surface area contributed by atoms with Gasteiger partial charge < -0.3 is 10.1 Å². The Morgan fingerprint density at radius 2 is 2.18 bits per heavy atom. The van der Waals surface area contributed by atoms with E-state index in [2.05, 4.69) is 10.6 Å². The zero-order valence-corrected chi connectivity index (χ0v) is 13.3. The average Bonchev–Trinajstić information content (AvgIpc) is 3.28. The minimum Gasteiger partial charge on any atom is -0.496 e. The van der Waals surface area contributed by atoms with Crippen molar-refractivity contribution in [2.45, 2.75) is 36.8 Å². The van der Waals surface area contributed by atoms with Gasteiger partial charge >= 0.3 is 6.03 Å². The molecule has 2 rings (SSSR count). The van der Waals surface area contributed by atoms with Crippen LogP contribution in [0.15, 0.2) is 18.2 Å². The van der Waals surface area contributed by atoms with Crippen LogP contribution in [0.5, 0.6) is 5.75 Å². The van der Waals surface area contributed by atoms with Gasteiger partial charge in [0.2, 0.25) is 5.91 Å². The highest BCUT2D eigenvalue weighted by molar-refractivity contribution is 7.99. The molecule has 0 saturated heterocycles. The van der Waals surface area contributed by atoms with E-state index >= 15 is 0 Å². The molecule has 0 aliphatic heterocycles. The Bertz CT molecular complexity index is 564. The standard InChI is InChI=1S/C15H19FN2O3S/c1-9(14(19)18-15(20)17-12-4-5-12)22-8-10-7-11(16)3-6-13(10)21-2/h3,6-7,9,12H,4-5,8H2,1-2H3,(H2,17,18,19,20)/t9-/m0/s1. The minimum absolute atomic E-state index is 0.201. The lowest BCUT2D eigenvalue weighted by molar-refractivity contribution is -0.119. The van der Waals surface area contributed by atoms with Crippen LogP contribution in [0.4, 0.5) is 9.18 Å². The molecule has 1 aliphatic carbocycles. The van der Waals surface area contributed by atoms with Crippen molar-refractivity contribution in [2.75, 3.05) is 7.11 Å². The normalized spacial score (nSPS) is 15.0. The highest BCUT2D eigenvalue weighted by atomic mass is 32.2.